The molecule has 2 aromatic carbocycles. The zero-order chi connectivity index (χ0) is 18.0. The Hall–Kier alpha value is -2.04. The summed E-state index contributed by atoms with van der Waals surface area (Å²) in [6.07, 6.45) is 1.03. The van der Waals surface area contributed by atoms with Crippen LogP contribution in [0.2, 0.25) is 10.0 Å². The fourth-order valence-electron chi connectivity index (χ4n) is 2.71. The molecule has 2 amide bonds. The lowest BCUT2D eigenvalue weighted by molar-refractivity contribution is -0.134. The van der Waals surface area contributed by atoms with Crippen molar-refractivity contribution in [2.75, 3.05) is 5.32 Å². The summed E-state index contributed by atoms with van der Waals surface area (Å²) in [5, 5.41) is 6.25. The summed E-state index contributed by atoms with van der Waals surface area (Å²) in [6.45, 7) is 2.39. The van der Waals surface area contributed by atoms with E-state index in [9.17, 15) is 9.59 Å². The smallest absolute Gasteiger partial charge is 0.240 e. The average molecular weight is 377 g/mol. The Morgan fingerprint density at radius 1 is 1.04 bits per heavy atom. The van der Waals surface area contributed by atoms with Crippen molar-refractivity contribution in [3.63, 3.8) is 0 Å². The number of hydrogen-bond acceptors (Lipinski definition) is 2. The van der Waals surface area contributed by atoms with Gasteiger partial charge in [0.2, 0.25) is 11.8 Å². The minimum atomic E-state index is -1.04. The van der Waals surface area contributed by atoms with Crippen LogP contribution < -0.4 is 10.6 Å². The molecule has 1 saturated carbocycles. The number of hydrogen-bond donors (Lipinski definition) is 2. The van der Waals surface area contributed by atoms with Crippen molar-refractivity contribution in [2.24, 2.45) is 5.41 Å². The molecule has 0 spiro atoms. The molecule has 4 nitrogen and oxygen atoms in total. The highest BCUT2D eigenvalue weighted by Crippen LogP contribution is 2.47. The van der Waals surface area contributed by atoms with Crippen molar-refractivity contribution < 1.29 is 9.59 Å². The minimum Gasteiger partial charge on any atom is -0.351 e. The van der Waals surface area contributed by atoms with Gasteiger partial charge in [-0.3, -0.25) is 9.59 Å². The first kappa shape index (κ1) is 17.8. The Morgan fingerprint density at radius 3 is 2.28 bits per heavy atom. The van der Waals surface area contributed by atoms with E-state index in [-0.39, 0.29) is 11.8 Å². The van der Waals surface area contributed by atoms with Crippen molar-refractivity contribution in [2.45, 2.75) is 26.3 Å². The van der Waals surface area contributed by atoms with Gasteiger partial charge >= 0.3 is 0 Å². The standard InChI is InChI=1S/C19H18Cl2N2O2/c1-12-4-2-5-13(10-12)11-22-17(24)19(8-9-19)18(25)23-16-14(20)6-3-7-15(16)21/h2-7,10H,8-9,11H2,1H3,(H,22,24)(H,23,25). The molecule has 1 fully saturated rings. The fraction of sp³-hybridized carbons (Fsp3) is 0.263. The van der Waals surface area contributed by atoms with Crippen LogP contribution in [0.5, 0.6) is 0 Å². The van der Waals surface area contributed by atoms with E-state index in [1.165, 1.54) is 0 Å². The molecule has 0 atom stereocenters. The van der Waals surface area contributed by atoms with E-state index in [1.54, 1.807) is 18.2 Å². The average Bonchev–Trinajstić information content (AvgIpc) is 3.38. The van der Waals surface area contributed by atoms with Crippen molar-refractivity contribution in [3.8, 4) is 0 Å². The Kier molecular flexibility index (Phi) is 5.02. The highest BCUT2D eigenvalue weighted by molar-refractivity contribution is 6.40. The predicted octanol–water partition coefficient (Wildman–Crippen LogP) is 4.34. The molecular weight excluding hydrogens is 359 g/mol. The topological polar surface area (TPSA) is 58.2 Å². The molecule has 25 heavy (non-hydrogen) atoms. The normalized spacial score (nSPS) is 14.7. The Bertz CT molecular complexity index is 812. The SMILES string of the molecule is Cc1cccc(CNC(=O)C2(C(=O)Nc3c(Cl)cccc3Cl)CC2)c1. The van der Waals surface area contributed by atoms with Gasteiger partial charge in [0, 0.05) is 6.54 Å². The first-order valence-corrected chi connectivity index (χ1v) is 8.77. The molecule has 0 radical (unpaired) electrons. The van der Waals surface area contributed by atoms with E-state index >= 15 is 0 Å². The molecule has 0 aliphatic heterocycles. The lowest BCUT2D eigenvalue weighted by atomic mass is 10.0. The maximum Gasteiger partial charge on any atom is 0.240 e. The molecule has 6 heteroatoms. The zero-order valence-corrected chi connectivity index (χ0v) is 15.2. The van der Waals surface area contributed by atoms with Gasteiger partial charge in [0.25, 0.3) is 0 Å². The Morgan fingerprint density at radius 2 is 1.68 bits per heavy atom. The molecule has 0 unspecified atom stereocenters. The van der Waals surface area contributed by atoms with Gasteiger partial charge in [0.15, 0.2) is 0 Å². The van der Waals surface area contributed by atoms with Gasteiger partial charge in [-0.25, -0.2) is 0 Å². The molecular formula is C19H18Cl2N2O2. The first-order valence-electron chi connectivity index (χ1n) is 8.02. The molecule has 2 aromatic rings. The van der Waals surface area contributed by atoms with E-state index in [4.69, 9.17) is 23.2 Å². The first-order chi connectivity index (χ1) is 11.9. The third kappa shape index (κ3) is 3.80. The zero-order valence-electron chi connectivity index (χ0n) is 13.7. The molecule has 0 saturated heterocycles. The highest BCUT2D eigenvalue weighted by atomic mass is 35.5. The summed E-state index contributed by atoms with van der Waals surface area (Å²) < 4.78 is 0. The number of anilines is 1. The van der Waals surface area contributed by atoms with Gasteiger partial charge in [0.1, 0.15) is 5.41 Å². The third-order valence-electron chi connectivity index (χ3n) is 4.36. The fourth-order valence-corrected chi connectivity index (χ4v) is 3.20. The van der Waals surface area contributed by atoms with E-state index in [0.717, 1.165) is 11.1 Å². The number of para-hydroxylation sites is 1. The van der Waals surface area contributed by atoms with Crippen LogP contribution in [0.1, 0.15) is 24.0 Å². The molecule has 2 N–H and O–H groups in total. The van der Waals surface area contributed by atoms with E-state index in [2.05, 4.69) is 10.6 Å². The second-order valence-electron chi connectivity index (χ2n) is 6.30. The Labute approximate surface area is 156 Å². The number of amides is 2. The van der Waals surface area contributed by atoms with Gasteiger partial charge in [-0.15, -0.1) is 0 Å². The summed E-state index contributed by atoms with van der Waals surface area (Å²) in [5.74, 6) is -0.640. The van der Waals surface area contributed by atoms with Crippen LogP contribution in [0.3, 0.4) is 0 Å². The third-order valence-corrected chi connectivity index (χ3v) is 4.99. The number of carbonyl (C=O) groups excluding carboxylic acids is 2. The summed E-state index contributed by atoms with van der Waals surface area (Å²) in [7, 11) is 0. The summed E-state index contributed by atoms with van der Waals surface area (Å²) in [5.41, 5.74) is 1.43. The maximum absolute atomic E-state index is 12.6. The molecule has 0 bridgehead atoms. The largest absolute Gasteiger partial charge is 0.351 e. The number of benzene rings is 2. The van der Waals surface area contributed by atoms with Crippen LogP contribution in [0.4, 0.5) is 5.69 Å². The monoisotopic (exact) mass is 376 g/mol. The molecule has 1 aliphatic carbocycles. The number of aryl methyl sites for hydroxylation is 1. The summed E-state index contributed by atoms with van der Waals surface area (Å²) >= 11 is 12.2. The van der Waals surface area contributed by atoms with Gasteiger partial charge in [0.05, 0.1) is 15.7 Å². The number of halogens is 2. The van der Waals surface area contributed by atoms with E-state index in [0.29, 0.717) is 35.1 Å². The van der Waals surface area contributed by atoms with Crippen LogP contribution in [-0.4, -0.2) is 11.8 Å². The second-order valence-corrected chi connectivity index (χ2v) is 7.12. The summed E-state index contributed by atoms with van der Waals surface area (Å²) in [4.78, 5) is 25.2. The molecule has 1 aliphatic rings. The van der Waals surface area contributed by atoms with Crippen molar-refractivity contribution in [3.05, 3.63) is 63.6 Å². The maximum atomic E-state index is 12.6. The van der Waals surface area contributed by atoms with Gasteiger partial charge in [-0.2, -0.15) is 0 Å². The Balaban J connectivity index is 1.67. The number of carbonyl (C=O) groups is 2. The van der Waals surface area contributed by atoms with Crippen LogP contribution >= 0.6 is 23.2 Å². The van der Waals surface area contributed by atoms with E-state index in [1.807, 2.05) is 31.2 Å². The van der Waals surface area contributed by atoms with Gasteiger partial charge in [-0.1, -0.05) is 59.1 Å². The second kappa shape index (κ2) is 7.06. The van der Waals surface area contributed by atoms with Crippen LogP contribution in [0.15, 0.2) is 42.5 Å². The lowest BCUT2D eigenvalue weighted by Crippen LogP contribution is -2.39. The molecule has 0 aromatic heterocycles. The van der Waals surface area contributed by atoms with Gasteiger partial charge in [-0.05, 0) is 37.5 Å². The quantitative estimate of drug-likeness (QED) is 0.762. The highest BCUT2D eigenvalue weighted by Gasteiger charge is 2.56. The van der Waals surface area contributed by atoms with Crippen molar-refractivity contribution in [1.82, 2.24) is 5.32 Å². The summed E-state index contributed by atoms with van der Waals surface area (Å²) in [6, 6.07) is 12.9. The minimum absolute atomic E-state index is 0.269. The van der Waals surface area contributed by atoms with Crippen molar-refractivity contribution in [1.29, 1.82) is 0 Å². The molecule has 3 rings (SSSR count). The van der Waals surface area contributed by atoms with Gasteiger partial charge < -0.3 is 10.6 Å². The van der Waals surface area contributed by atoms with Crippen molar-refractivity contribution >= 4 is 40.7 Å². The molecule has 130 valence electrons. The lowest BCUT2D eigenvalue weighted by Gasteiger charge is -2.17. The molecule has 0 heterocycles. The van der Waals surface area contributed by atoms with Crippen LogP contribution in [0.25, 0.3) is 0 Å². The van der Waals surface area contributed by atoms with Crippen LogP contribution in [0, 0.1) is 12.3 Å². The van der Waals surface area contributed by atoms with Crippen LogP contribution in [-0.2, 0) is 16.1 Å². The number of nitrogens with one attached hydrogen (secondary N) is 2. The number of rotatable bonds is 5. The predicted molar refractivity (Wildman–Crippen MR) is 99.8 cm³/mol. The van der Waals surface area contributed by atoms with E-state index < -0.39 is 5.41 Å².